The average Bonchev–Trinajstić information content (AvgIpc) is 2.80. The molecule has 2 N–H and O–H groups in total. The molecule has 0 saturated heterocycles. The molecule has 0 bridgehead atoms. The number of fused-ring (bicyclic) bond motifs is 1. The lowest BCUT2D eigenvalue weighted by Gasteiger charge is -2.21. The van der Waals surface area contributed by atoms with Gasteiger partial charge in [-0.15, -0.1) is 0 Å². The largest absolute Gasteiger partial charge is 0.377 e. The second-order valence-corrected chi connectivity index (χ2v) is 6.38. The van der Waals surface area contributed by atoms with Crippen LogP contribution >= 0.6 is 11.6 Å². The van der Waals surface area contributed by atoms with E-state index in [1.165, 1.54) is 5.56 Å². The van der Waals surface area contributed by atoms with Gasteiger partial charge >= 0.3 is 0 Å². The average molecular weight is 355 g/mol. The van der Waals surface area contributed by atoms with Crippen molar-refractivity contribution < 1.29 is 13.2 Å². The maximum absolute atomic E-state index is 13.5. The van der Waals surface area contributed by atoms with Crippen molar-refractivity contribution in [1.29, 1.82) is 0 Å². The summed E-state index contributed by atoms with van der Waals surface area (Å²) in [5, 5.41) is 7.14. The molecule has 2 nitrogen and oxygen atoms in total. The van der Waals surface area contributed by atoms with Gasteiger partial charge in [-0.05, 0) is 67.7 Å². The van der Waals surface area contributed by atoms with Crippen molar-refractivity contribution in [1.82, 2.24) is 5.32 Å². The first-order chi connectivity index (χ1) is 11.5. The summed E-state index contributed by atoms with van der Waals surface area (Å²) in [6.07, 6.45) is 1.71. The predicted octanol–water partition coefficient (Wildman–Crippen LogP) is 4.62. The molecule has 0 aliphatic carbocycles. The summed E-state index contributed by atoms with van der Waals surface area (Å²) < 4.78 is 40.1. The molecule has 0 radical (unpaired) electrons. The third-order valence-electron chi connectivity index (χ3n) is 4.35. The standard InChI is InChI=1S/C18H18ClF3N2/c1-10(12-8-15(20)17(22)16(21)9-12)24-18-13-5-7-23-6-4-11(13)2-3-14(18)19/h2-3,8-10,23-24H,4-7H2,1H3. The highest BCUT2D eigenvalue weighted by molar-refractivity contribution is 6.33. The monoisotopic (exact) mass is 354 g/mol. The zero-order valence-electron chi connectivity index (χ0n) is 13.2. The molecule has 0 amide bonds. The molecule has 0 aromatic heterocycles. The quantitative estimate of drug-likeness (QED) is 0.786. The Morgan fingerprint density at radius 2 is 1.75 bits per heavy atom. The maximum Gasteiger partial charge on any atom is 0.194 e. The summed E-state index contributed by atoms with van der Waals surface area (Å²) in [5.41, 5.74) is 3.42. The zero-order valence-corrected chi connectivity index (χ0v) is 14.0. The Hall–Kier alpha value is -1.72. The molecule has 1 unspecified atom stereocenters. The molecule has 128 valence electrons. The highest BCUT2D eigenvalue weighted by Crippen LogP contribution is 2.33. The predicted molar refractivity (Wildman–Crippen MR) is 90.1 cm³/mol. The van der Waals surface area contributed by atoms with Crippen molar-refractivity contribution in [3.05, 3.63) is 63.4 Å². The summed E-state index contributed by atoms with van der Waals surface area (Å²) in [6.45, 7) is 3.50. The smallest absolute Gasteiger partial charge is 0.194 e. The molecule has 0 saturated carbocycles. The van der Waals surface area contributed by atoms with Gasteiger partial charge in [-0.3, -0.25) is 0 Å². The molecule has 0 spiro atoms. The van der Waals surface area contributed by atoms with E-state index >= 15 is 0 Å². The normalized spacial score (nSPS) is 15.5. The van der Waals surface area contributed by atoms with Gasteiger partial charge in [0.2, 0.25) is 0 Å². The first kappa shape index (κ1) is 17.1. The van der Waals surface area contributed by atoms with Crippen LogP contribution in [0, 0.1) is 17.5 Å². The van der Waals surface area contributed by atoms with Gasteiger partial charge in [-0.1, -0.05) is 17.7 Å². The van der Waals surface area contributed by atoms with Crippen molar-refractivity contribution in [2.75, 3.05) is 18.4 Å². The van der Waals surface area contributed by atoms with E-state index in [4.69, 9.17) is 11.6 Å². The SMILES string of the molecule is CC(Nc1c(Cl)ccc2c1CCNCC2)c1cc(F)c(F)c(F)c1. The lowest BCUT2D eigenvalue weighted by molar-refractivity contribution is 0.444. The van der Waals surface area contributed by atoms with Crippen LogP contribution in [-0.4, -0.2) is 13.1 Å². The number of anilines is 1. The van der Waals surface area contributed by atoms with Crippen LogP contribution in [-0.2, 0) is 12.8 Å². The minimum atomic E-state index is -1.45. The first-order valence-corrected chi connectivity index (χ1v) is 8.27. The molecular weight excluding hydrogens is 337 g/mol. The molecule has 2 aromatic rings. The lowest BCUT2D eigenvalue weighted by atomic mass is 9.99. The Labute approximate surface area is 144 Å². The van der Waals surface area contributed by atoms with E-state index in [1.807, 2.05) is 12.1 Å². The molecule has 1 aliphatic heterocycles. The van der Waals surface area contributed by atoms with E-state index < -0.39 is 23.5 Å². The van der Waals surface area contributed by atoms with Gasteiger partial charge in [0.05, 0.1) is 10.7 Å². The molecule has 6 heteroatoms. The molecular formula is C18H18ClF3N2. The number of nitrogens with one attached hydrogen (secondary N) is 2. The van der Waals surface area contributed by atoms with Crippen molar-refractivity contribution in [2.24, 2.45) is 0 Å². The number of halogens is 4. The molecule has 0 fully saturated rings. The Balaban J connectivity index is 1.93. The van der Waals surface area contributed by atoms with Crippen molar-refractivity contribution in [3.8, 4) is 0 Å². The maximum atomic E-state index is 13.5. The van der Waals surface area contributed by atoms with Crippen LogP contribution in [0.1, 0.15) is 29.7 Å². The third-order valence-corrected chi connectivity index (χ3v) is 4.66. The summed E-state index contributed by atoms with van der Waals surface area (Å²) in [7, 11) is 0. The Morgan fingerprint density at radius 1 is 1.08 bits per heavy atom. The van der Waals surface area contributed by atoms with Gasteiger partial charge < -0.3 is 10.6 Å². The van der Waals surface area contributed by atoms with E-state index in [0.717, 1.165) is 49.3 Å². The van der Waals surface area contributed by atoms with Crippen molar-refractivity contribution in [2.45, 2.75) is 25.8 Å². The molecule has 1 heterocycles. The van der Waals surface area contributed by atoms with Gasteiger partial charge in [0.1, 0.15) is 0 Å². The Bertz CT molecular complexity index is 741. The number of benzene rings is 2. The summed E-state index contributed by atoms with van der Waals surface area (Å²) in [5.74, 6) is -3.84. The number of hydrogen-bond acceptors (Lipinski definition) is 2. The van der Waals surface area contributed by atoms with E-state index in [9.17, 15) is 13.2 Å². The molecule has 2 aromatic carbocycles. The van der Waals surface area contributed by atoms with Gasteiger partial charge in [-0.25, -0.2) is 13.2 Å². The van der Waals surface area contributed by atoms with Crippen LogP contribution in [0.4, 0.5) is 18.9 Å². The minimum absolute atomic E-state index is 0.326. The molecule has 3 rings (SSSR count). The van der Waals surface area contributed by atoms with E-state index in [-0.39, 0.29) is 0 Å². The summed E-state index contributed by atoms with van der Waals surface area (Å²) in [4.78, 5) is 0. The second kappa shape index (κ2) is 7.03. The molecule has 1 aliphatic rings. The van der Waals surface area contributed by atoms with Crippen LogP contribution in [0.3, 0.4) is 0 Å². The van der Waals surface area contributed by atoms with Crippen LogP contribution in [0.5, 0.6) is 0 Å². The molecule has 24 heavy (non-hydrogen) atoms. The zero-order chi connectivity index (χ0) is 17.3. The van der Waals surface area contributed by atoms with Gasteiger partial charge in [-0.2, -0.15) is 0 Å². The number of rotatable bonds is 3. The first-order valence-electron chi connectivity index (χ1n) is 7.89. The van der Waals surface area contributed by atoms with Crippen LogP contribution in [0.2, 0.25) is 5.02 Å². The van der Waals surface area contributed by atoms with Gasteiger partial charge in [0.15, 0.2) is 17.5 Å². The third kappa shape index (κ3) is 3.37. The fourth-order valence-corrected chi connectivity index (χ4v) is 3.26. The van der Waals surface area contributed by atoms with E-state index in [1.54, 1.807) is 6.92 Å². The van der Waals surface area contributed by atoms with E-state index in [0.29, 0.717) is 10.6 Å². The number of hydrogen-bond donors (Lipinski definition) is 2. The van der Waals surface area contributed by atoms with Crippen LogP contribution < -0.4 is 10.6 Å². The lowest BCUT2D eigenvalue weighted by Crippen LogP contribution is -2.16. The fraction of sp³-hybridized carbons (Fsp3) is 0.333. The second-order valence-electron chi connectivity index (χ2n) is 5.97. The summed E-state index contributed by atoms with van der Waals surface area (Å²) >= 11 is 6.34. The fourth-order valence-electron chi connectivity index (χ4n) is 3.02. The minimum Gasteiger partial charge on any atom is -0.377 e. The molecule has 1 atom stereocenters. The topological polar surface area (TPSA) is 24.1 Å². The highest BCUT2D eigenvalue weighted by Gasteiger charge is 2.19. The van der Waals surface area contributed by atoms with Crippen molar-refractivity contribution in [3.63, 3.8) is 0 Å². The highest BCUT2D eigenvalue weighted by atomic mass is 35.5. The van der Waals surface area contributed by atoms with E-state index in [2.05, 4.69) is 10.6 Å². The van der Waals surface area contributed by atoms with Crippen LogP contribution in [0.25, 0.3) is 0 Å². The van der Waals surface area contributed by atoms with Crippen LogP contribution in [0.15, 0.2) is 24.3 Å². The Kier molecular flexibility index (Phi) is 5.01. The summed E-state index contributed by atoms with van der Waals surface area (Å²) in [6, 6.07) is 5.43. The van der Waals surface area contributed by atoms with Gasteiger partial charge in [0.25, 0.3) is 0 Å². The van der Waals surface area contributed by atoms with Crippen molar-refractivity contribution >= 4 is 17.3 Å². The Morgan fingerprint density at radius 3 is 2.46 bits per heavy atom. The van der Waals surface area contributed by atoms with Gasteiger partial charge in [0, 0.05) is 6.04 Å².